The van der Waals surface area contributed by atoms with Crippen LogP contribution in [0.3, 0.4) is 0 Å². The van der Waals surface area contributed by atoms with Gasteiger partial charge in [0.1, 0.15) is 0 Å². The number of hydrogen-bond acceptors (Lipinski definition) is 2. The highest BCUT2D eigenvalue weighted by atomic mass is 35.5. The van der Waals surface area contributed by atoms with Gasteiger partial charge in [0.15, 0.2) is 5.78 Å². The highest BCUT2D eigenvalue weighted by Gasteiger charge is 2.37. The van der Waals surface area contributed by atoms with Gasteiger partial charge in [0.05, 0.1) is 5.02 Å². The normalized spacial score (nSPS) is 28.7. The third-order valence-corrected chi connectivity index (χ3v) is 4.45. The third kappa shape index (κ3) is 1.80. The molecule has 1 saturated heterocycles. The average molecular weight is 250 g/mol. The molecule has 17 heavy (non-hydrogen) atoms. The molecule has 1 aromatic rings. The van der Waals surface area contributed by atoms with Crippen LogP contribution in [0.4, 0.5) is 0 Å². The molecule has 1 heterocycles. The number of carbonyl (C=O) groups excluding carboxylic acids is 1. The Morgan fingerprint density at radius 2 is 2.24 bits per heavy atom. The molecule has 1 aromatic carbocycles. The van der Waals surface area contributed by atoms with Crippen LogP contribution in [0, 0.1) is 5.92 Å². The van der Waals surface area contributed by atoms with E-state index < -0.39 is 0 Å². The van der Waals surface area contributed by atoms with Crippen molar-refractivity contribution in [2.24, 2.45) is 5.92 Å². The van der Waals surface area contributed by atoms with Crippen molar-refractivity contribution in [2.75, 3.05) is 20.1 Å². The molecule has 0 bridgehead atoms. The van der Waals surface area contributed by atoms with E-state index in [0.717, 1.165) is 25.1 Å². The molecule has 90 valence electrons. The minimum absolute atomic E-state index is 0.233. The fraction of sp³-hybridized carbons (Fsp3) is 0.500. The highest BCUT2D eigenvalue weighted by Crippen LogP contribution is 2.42. The second-order valence-electron chi connectivity index (χ2n) is 5.25. The number of halogens is 1. The minimum atomic E-state index is 0.233. The summed E-state index contributed by atoms with van der Waals surface area (Å²) in [5, 5.41) is 0.624. The smallest absolute Gasteiger partial charge is 0.164 e. The summed E-state index contributed by atoms with van der Waals surface area (Å²) in [5.74, 6) is 1.24. The summed E-state index contributed by atoms with van der Waals surface area (Å²) in [6, 6.07) is 5.87. The summed E-state index contributed by atoms with van der Waals surface area (Å²) >= 11 is 6.17. The van der Waals surface area contributed by atoms with Gasteiger partial charge >= 0.3 is 0 Å². The lowest BCUT2D eigenvalue weighted by molar-refractivity contribution is 0.0887. The lowest BCUT2D eigenvalue weighted by atomic mass is 9.71. The largest absolute Gasteiger partial charge is 0.306 e. The molecule has 0 spiro atoms. The van der Waals surface area contributed by atoms with Gasteiger partial charge in [-0.2, -0.15) is 0 Å². The second kappa shape index (κ2) is 4.11. The number of fused-ring (bicyclic) bond motifs is 3. The zero-order valence-corrected chi connectivity index (χ0v) is 10.7. The van der Waals surface area contributed by atoms with E-state index in [-0.39, 0.29) is 5.78 Å². The van der Waals surface area contributed by atoms with Crippen LogP contribution in [0.15, 0.2) is 18.2 Å². The number of likely N-dealkylation sites (N-methyl/N-ethyl adjacent to an activating group) is 1. The van der Waals surface area contributed by atoms with E-state index in [1.54, 1.807) is 0 Å². The molecular formula is C14H16ClNO. The van der Waals surface area contributed by atoms with Crippen LogP contribution >= 0.6 is 11.6 Å². The molecule has 0 aromatic heterocycles. The van der Waals surface area contributed by atoms with Crippen LogP contribution in [0.5, 0.6) is 0 Å². The van der Waals surface area contributed by atoms with E-state index >= 15 is 0 Å². The highest BCUT2D eigenvalue weighted by molar-refractivity contribution is 6.34. The molecule has 0 N–H and O–H groups in total. The van der Waals surface area contributed by atoms with Crippen molar-refractivity contribution in [1.82, 2.24) is 4.90 Å². The fourth-order valence-corrected chi connectivity index (χ4v) is 3.53. The molecular weight excluding hydrogens is 234 g/mol. The number of rotatable bonds is 0. The van der Waals surface area contributed by atoms with E-state index in [1.165, 1.54) is 5.56 Å². The van der Waals surface area contributed by atoms with Crippen LogP contribution in [0.2, 0.25) is 5.02 Å². The predicted molar refractivity (Wildman–Crippen MR) is 68.7 cm³/mol. The number of benzene rings is 1. The maximum atomic E-state index is 12.1. The van der Waals surface area contributed by atoms with E-state index in [1.807, 2.05) is 12.1 Å². The Morgan fingerprint density at radius 3 is 3.06 bits per heavy atom. The molecule has 2 aliphatic rings. The van der Waals surface area contributed by atoms with Gasteiger partial charge in [0, 0.05) is 24.4 Å². The number of likely N-dealkylation sites (tertiary alicyclic amines) is 1. The summed E-state index contributed by atoms with van der Waals surface area (Å²) < 4.78 is 0. The SMILES string of the molecule is CN1CC[C@@H]2CC(=O)c3c(Cl)cccc3[C@@H]2C1. The van der Waals surface area contributed by atoms with Crippen LogP contribution < -0.4 is 0 Å². The third-order valence-electron chi connectivity index (χ3n) is 4.13. The molecule has 2 atom stereocenters. The van der Waals surface area contributed by atoms with Crippen LogP contribution in [0.25, 0.3) is 0 Å². The van der Waals surface area contributed by atoms with Gasteiger partial charge in [0.25, 0.3) is 0 Å². The molecule has 0 radical (unpaired) electrons. The number of ketones is 1. The van der Waals surface area contributed by atoms with Gasteiger partial charge in [-0.3, -0.25) is 4.79 Å². The van der Waals surface area contributed by atoms with E-state index in [0.29, 0.717) is 23.3 Å². The minimum Gasteiger partial charge on any atom is -0.306 e. The number of Topliss-reactive ketones (excluding diaryl/α,β-unsaturated/α-hetero) is 1. The molecule has 0 unspecified atom stereocenters. The van der Waals surface area contributed by atoms with Gasteiger partial charge in [-0.25, -0.2) is 0 Å². The van der Waals surface area contributed by atoms with Gasteiger partial charge in [-0.15, -0.1) is 0 Å². The van der Waals surface area contributed by atoms with Crippen molar-refractivity contribution in [3.8, 4) is 0 Å². The fourth-order valence-electron chi connectivity index (χ4n) is 3.24. The Morgan fingerprint density at radius 1 is 1.41 bits per heavy atom. The van der Waals surface area contributed by atoms with Gasteiger partial charge in [-0.1, -0.05) is 23.7 Å². The topological polar surface area (TPSA) is 20.3 Å². The first-order chi connectivity index (χ1) is 8.16. The van der Waals surface area contributed by atoms with E-state index in [2.05, 4.69) is 18.0 Å². The first-order valence-corrected chi connectivity index (χ1v) is 6.55. The zero-order valence-electron chi connectivity index (χ0n) is 9.95. The number of hydrogen-bond donors (Lipinski definition) is 0. The standard InChI is InChI=1S/C14H16ClNO/c1-16-6-5-9-7-13(17)14-10(11(9)8-16)3-2-4-12(14)15/h2-4,9,11H,5-8H2,1H3/t9-,11-/m1/s1. The summed E-state index contributed by atoms with van der Waals surface area (Å²) in [7, 11) is 2.15. The van der Waals surface area contributed by atoms with Crippen molar-refractivity contribution >= 4 is 17.4 Å². The molecule has 0 saturated carbocycles. The lowest BCUT2D eigenvalue weighted by Crippen LogP contribution is -2.40. The first kappa shape index (κ1) is 11.2. The Bertz CT molecular complexity index is 471. The molecule has 1 fully saturated rings. The number of piperidine rings is 1. The number of nitrogens with zero attached hydrogens (tertiary/aromatic N) is 1. The molecule has 1 aliphatic carbocycles. The molecule has 2 nitrogen and oxygen atoms in total. The first-order valence-electron chi connectivity index (χ1n) is 6.17. The Hall–Kier alpha value is -0.860. The van der Waals surface area contributed by atoms with Crippen molar-refractivity contribution < 1.29 is 4.79 Å². The van der Waals surface area contributed by atoms with E-state index in [4.69, 9.17) is 11.6 Å². The van der Waals surface area contributed by atoms with Crippen LogP contribution in [-0.4, -0.2) is 30.8 Å². The summed E-state index contributed by atoms with van der Waals surface area (Å²) in [6.07, 6.45) is 1.80. The van der Waals surface area contributed by atoms with E-state index in [9.17, 15) is 4.79 Å². The van der Waals surface area contributed by atoms with Crippen molar-refractivity contribution in [3.05, 3.63) is 34.3 Å². The van der Waals surface area contributed by atoms with Crippen molar-refractivity contribution in [3.63, 3.8) is 0 Å². The Balaban J connectivity index is 2.08. The quantitative estimate of drug-likeness (QED) is 0.705. The zero-order chi connectivity index (χ0) is 12.0. The maximum absolute atomic E-state index is 12.1. The van der Waals surface area contributed by atoms with Crippen molar-refractivity contribution in [2.45, 2.75) is 18.8 Å². The Kier molecular flexibility index (Phi) is 2.72. The summed E-state index contributed by atoms with van der Waals surface area (Å²) in [6.45, 7) is 2.15. The summed E-state index contributed by atoms with van der Waals surface area (Å²) in [4.78, 5) is 14.5. The maximum Gasteiger partial charge on any atom is 0.164 e. The predicted octanol–water partition coefficient (Wildman–Crippen LogP) is 2.96. The lowest BCUT2D eigenvalue weighted by Gasteiger charge is -2.40. The molecule has 3 heteroatoms. The second-order valence-corrected chi connectivity index (χ2v) is 5.66. The summed E-state index contributed by atoms with van der Waals surface area (Å²) in [5.41, 5.74) is 1.95. The monoisotopic (exact) mass is 249 g/mol. The van der Waals surface area contributed by atoms with Crippen LogP contribution in [-0.2, 0) is 0 Å². The van der Waals surface area contributed by atoms with Crippen LogP contribution in [0.1, 0.15) is 34.7 Å². The van der Waals surface area contributed by atoms with Gasteiger partial charge in [0.2, 0.25) is 0 Å². The Labute approximate surface area is 107 Å². The number of carbonyl (C=O) groups is 1. The molecule has 0 amide bonds. The van der Waals surface area contributed by atoms with Gasteiger partial charge < -0.3 is 4.90 Å². The van der Waals surface area contributed by atoms with Gasteiger partial charge in [-0.05, 0) is 37.6 Å². The molecule has 1 aliphatic heterocycles. The average Bonchev–Trinajstić information content (AvgIpc) is 2.30. The van der Waals surface area contributed by atoms with Crippen molar-refractivity contribution in [1.29, 1.82) is 0 Å². The molecule has 3 rings (SSSR count).